The standard InChI is InChI=1S/C28H31BrClN3O4S/c1-3-4-18-31-28(35)21(2)32(19-22-10-8-9-13-26(22)30)27(34)20-33(24-16-14-23(29)15-17-24)38(36,37)25-11-6-5-7-12-25/h5-17,21H,3-4,18-20H2,1-2H3,(H,31,35)/t21-/m1/s1. The molecule has 0 saturated heterocycles. The van der Waals surface area contributed by atoms with Gasteiger partial charge in [-0.25, -0.2) is 8.42 Å². The molecule has 3 aromatic carbocycles. The molecule has 0 aliphatic heterocycles. The van der Waals surface area contributed by atoms with Gasteiger partial charge in [0.1, 0.15) is 12.6 Å². The summed E-state index contributed by atoms with van der Waals surface area (Å²) in [5.74, 6) is -0.856. The quantitative estimate of drug-likeness (QED) is 0.266. The van der Waals surface area contributed by atoms with Crippen LogP contribution >= 0.6 is 27.5 Å². The van der Waals surface area contributed by atoms with E-state index in [0.29, 0.717) is 22.8 Å². The zero-order valence-electron chi connectivity index (χ0n) is 21.3. The number of benzene rings is 3. The number of carbonyl (C=O) groups is 2. The van der Waals surface area contributed by atoms with E-state index in [-0.39, 0.29) is 17.3 Å². The number of nitrogens with one attached hydrogen (secondary N) is 1. The maximum absolute atomic E-state index is 13.9. The lowest BCUT2D eigenvalue weighted by molar-refractivity contribution is -0.139. The number of unbranched alkanes of at least 4 members (excludes halogenated alkanes) is 1. The second-order valence-electron chi connectivity index (χ2n) is 8.73. The maximum atomic E-state index is 13.9. The van der Waals surface area contributed by atoms with E-state index in [1.807, 2.05) is 6.92 Å². The van der Waals surface area contributed by atoms with Gasteiger partial charge < -0.3 is 10.2 Å². The molecule has 0 saturated carbocycles. The molecule has 1 N–H and O–H groups in total. The molecule has 0 heterocycles. The van der Waals surface area contributed by atoms with Crippen molar-refractivity contribution in [2.45, 2.75) is 44.2 Å². The average Bonchev–Trinajstić information content (AvgIpc) is 2.92. The highest BCUT2D eigenvalue weighted by molar-refractivity contribution is 9.10. The molecule has 3 rings (SSSR count). The summed E-state index contributed by atoms with van der Waals surface area (Å²) in [4.78, 5) is 28.3. The summed E-state index contributed by atoms with van der Waals surface area (Å²) in [5, 5.41) is 3.31. The van der Waals surface area contributed by atoms with Crippen molar-refractivity contribution in [1.82, 2.24) is 10.2 Å². The summed E-state index contributed by atoms with van der Waals surface area (Å²) in [6.45, 7) is 3.68. The Kier molecular flexibility index (Phi) is 10.8. The number of halogens is 2. The highest BCUT2D eigenvalue weighted by Crippen LogP contribution is 2.26. The Labute approximate surface area is 238 Å². The predicted octanol–water partition coefficient (Wildman–Crippen LogP) is 5.63. The number of hydrogen-bond acceptors (Lipinski definition) is 4. The number of hydrogen-bond donors (Lipinski definition) is 1. The van der Waals surface area contributed by atoms with Crippen molar-refractivity contribution < 1.29 is 18.0 Å². The molecule has 0 aliphatic carbocycles. The summed E-state index contributed by atoms with van der Waals surface area (Å²) in [5.41, 5.74) is 0.972. The van der Waals surface area contributed by atoms with Gasteiger partial charge in [-0.15, -0.1) is 0 Å². The molecule has 2 amide bonds. The Balaban J connectivity index is 1.99. The fourth-order valence-electron chi connectivity index (χ4n) is 3.78. The van der Waals surface area contributed by atoms with Gasteiger partial charge in [0.15, 0.2) is 0 Å². The lowest BCUT2D eigenvalue weighted by atomic mass is 10.1. The van der Waals surface area contributed by atoms with Gasteiger partial charge in [-0.3, -0.25) is 13.9 Å². The number of amides is 2. The highest BCUT2D eigenvalue weighted by atomic mass is 79.9. The minimum atomic E-state index is -4.10. The van der Waals surface area contributed by atoms with Crippen LogP contribution in [0.15, 0.2) is 88.2 Å². The first kappa shape index (κ1) is 29.7. The second-order valence-corrected chi connectivity index (χ2v) is 11.9. The van der Waals surface area contributed by atoms with E-state index in [2.05, 4.69) is 21.2 Å². The molecule has 1 atom stereocenters. The summed E-state index contributed by atoms with van der Waals surface area (Å²) in [6, 6.07) is 20.8. The van der Waals surface area contributed by atoms with Gasteiger partial charge in [0.05, 0.1) is 10.6 Å². The summed E-state index contributed by atoms with van der Waals surface area (Å²) in [6.07, 6.45) is 1.72. The van der Waals surface area contributed by atoms with Crippen molar-refractivity contribution in [3.8, 4) is 0 Å². The second kappa shape index (κ2) is 13.8. The highest BCUT2D eigenvalue weighted by Gasteiger charge is 2.32. The van der Waals surface area contributed by atoms with Crippen molar-refractivity contribution in [2.75, 3.05) is 17.4 Å². The average molecular weight is 621 g/mol. The van der Waals surface area contributed by atoms with Gasteiger partial charge in [-0.2, -0.15) is 0 Å². The third-order valence-electron chi connectivity index (χ3n) is 6.02. The van der Waals surface area contributed by atoms with Crippen LogP contribution in [0.2, 0.25) is 5.02 Å². The first-order chi connectivity index (χ1) is 18.1. The van der Waals surface area contributed by atoms with Crippen LogP contribution in [0.1, 0.15) is 32.3 Å². The number of carbonyl (C=O) groups excluding carboxylic acids is 2. The monoisotopic (exact) mass is 619 g/mol. The van der Waals surface area contributed by atoms with Gasteiger partial charge in [0, 0.05) is 22.6 Å². The maximum Gasteiger partial charge on any atom is 0.264 e. The topological polar surface area (TPSA) is 86.8 Å². The van der Waals surface area contributed by atoms with Crippen LogP contribution in [-0.2, 0) is 26.2 Å². The largest absolute Gasteiger partial charge is 0.354 e. The van der Waals surface area contributed by atoms with E-state index < -0.39 is 28.5 Å². The zero-order valence-corrected chi connectivity index (χ0v) is 24.5. The molecule has 0 aromatic heterocycles. The number of sulfonamides is 1. The minimum absolute atomic E-state index is 0.0421. The van der Waals surface area contributed by atoms with Gasteiger partial charge in [-0.1, -0.05) is 77.3 Å². The van der Waals surface area contributed by atoms with E-state index in [4.69, 9.17) is 11.6 Å². The summed E-state index contributed by atoms with van der Waals surface area (Å²) >= 11 is 9.75. The molecule has 0 unspecified atom stereocenters. The third-order valence-corrected chi connectivity index (χ3v) is 8.71. The van der Waals surface area contributed by atoms with Gasteiger partial charge in [0.25, 0.3) is 10.0 Å². The molecule has 202 valence electrons. The van der Waals surface area contributed by atoms with Crippen molar-refractivity contribution >= 4 is 55.1 Å². The molecule has 0 aliphatic rings. The van der Waals surface area contributed by atoms with E-state index in [0.717, 1.165) is 21.6 Å². The molecule has 0 fully saturated rings. The van der Waals surface area contributed by atoms with Gasteiger partial charge in [0.2, 0.25) is 11.8 Å². The van der Waals surface area contributed by atoms with E-state index in [9.17, 15) is 18.0 Å². The van der Waals surface area contributed by atoms with Crippen molar-refractivity contribution in [3.63, 3.8) is 0 Å². The Morgan fingerprint density at radius 3 is 2.24 bits per heavy atom. The Morgan fingerprint density at radius 2 is 1.61 bits per heavy atom. The summed E-state index contributed by atoms with van der Waals surface area (Å²) in [7, 11) is -4.10. The van der Waals surface area contributed by atoms with Crippen molar-refractivity contribution in [3.05, 3.63) is 93.9 Å². The van der Waals surface area contributed by atoms with E-state index >= 15 is 0 Å². The summed E-state index contributed by atoms with van der Waals surface area (Å²) < 4.78 is 29.3. The molecule has 0 radical (unpaired) electrons. The number of rotatable bonds is 12. The molecule has 7 nitrogen and oxygen atoms in total. The molecular formula is C28H31BrClN3O4S. The van der Waals surface area contributed by atoms with Crippen LogP contribution in [0.25, 0.3) is 0 Å². The molecule has 10 heteroatoms. The fraction of sp³-hybridized carbons (Fsp3) is 0.286. The van der Waals surface area contributed by atoms with Crippen LogP contribution < -0.4 is 9.62 Å². The molecule has 38 heavy (non-hydrogen) atoms. The van der Waals surface area contributed by atoms with E-state index in [1.54, 1.807) is 73.7 Å². The number of nitrogens with zero attached hydrogens (tertiary/aromatic N) is 2. The van der Waals surface area contributed by atoms with Crippen LogP contribution in [0.5, 0.6) is 0 Å². The minimum Gasteiger partial charge on any atom is -0.354 e. The third kappa shape index (κ3) is 7.58. The van der Waals surface area contributed by atoms with Crippen LogP contribution in [0.4, 0.5) is 5.69 Å². The van der Waals surface area contributed by atoms with Crippen LogP contribution in [0.3, 0.4) is 0 Å². The van der Waals surface area contributed by atoms with Crippen molar-refractivity contribution in [1.29, 1.82) is 0 Å². The molecule has 0 spiro atoms. The first-order valence-electron chi connectivity index (χ1n) is 12.3. The lowest BCUT2D eigenvalue weighted by Crippen LogP contribution is -2.51. The molecule has 3 aromatic rings. The van der Waals surface area contributed by atoms with Crippen molar-refractivity contribution in [2.24, 2.45) is 0 Å². The first-order valence-corrected chi connectivity index (χ1v) is 14.9. The zero-order chi connectivity index (χ0) is 27.7. The normalized spacial score (nSPS) is 12.0. The van der Waals surface area contributed by atoms with Crippen LogP contribution in [-0.4, -0.2) is 44.3 Å². The Hall–Kier alpha value is -2.88. The van der Waals surface area contributed by atoms with Crippen LogP contribution in [0, 0.1) is 0 Å². The molecular weight excluding hydrogens is 590 g/mol. The number of anilines is 1. The fourth-order valence-corrected chi connectivity index (χ4v) is 5.68. The van der Waals surface area contributed by atoms with Gasteiger partial charge >= 0.3 is 0 Å². The van der Waals surface area contributed by atoms with Gasteiger partial charge in [-0.05, 0) is 61.4 Å². The van der Waals surface area contributed by atoms with E-state index in [1.165, 1.54) is 17.0 Å². The Morgan fingerprint density at radius 1 is 0.974 bits per heavy atom. The lowest BCUT2D eigenvalue weighted by Gasteiger charge is -2.32. The predicted molar refractivity (Wildman–Crippen MR) is 154 cm³/mol. The molecule has 0 bridgehead atoms. The Bertz CT molecular complexity index is 1340. The SMILES string of the molecule is CCCCNC(=O)[C@@H](C)N(Cc1ccccc1Cl)C(=O)CN(c1ccc(Br)cc1)S(=O)(=O)c1ccccc1. The smallest absolute Gasteiger partial charge is 0.264 e.